The molecule has 0 spiro atoms. The minimum Gasteiger partial charge on any atom is -0.324 e. The van der Waals surface area contributed by atoms with Gasteiger partial charge in [-0.2, -0.15) is 9.49 Å². The van der Waals surface area contributed by atoms with Gasteiger partial charge in [-0.05, 0) is 31.9 Å². The van der Waals surface area contributed by atoms with Crippen molar-refractivity contribution in [2.24, 2.45) is 5.73 Å². The summed E-state index contributed by atoms with van der Waals surface area (Å²) >= 11 is 0. The van der Waals surface area contributed by atoms with Gasteiger partial charge in [0.1, 0.15) is 0 Å². The van der Waals surface area contributed by atoms with Crippen LogP contribution in [0.5, 0.6) is 0 Å². The molecule has 0 saturated heterocycles. The molecule has 1 atom stereocenters. The van der Waals surface area contributed by atoms with E-state index in [1.807, 2.05) is 45.0 Å². The average Bonchev–Trinajstić information content (AvgIpc) is 2.71. The van der Waals surface area contributed by atoms with Crippen molar-refractivity contribution in [2.75, 3.05) is 0 Å². The van der Waals surface area contributed by atoms with Crippen molar-refractivity contribution >= 4 is 0 Å². The summed E-state index contributed by atoms with van der Waals surface area (Å²) in [6, 6.07) is 7.46. The van der Waals surface area contributed by atoms with Gasteiger partial charge in [0.15, 0.2) is 0 Å². The monoisotopic (exact) mass is 247 g/mol. The molecule has 0 aliphatic rings. The third-order valence-corrected chi connectivity index (χ3v) is 2.97. The van der Waals surface area contributed by atoms with Gasteiger partial charge < -0.3 is 5.73 Å². The van der Waals surface area contributed by atoms with Crippen LogP contribution in [0.1, 0.15) is 38.4 Å². The molecule has 0 fully saturated rings. The molecule has 96 valence electrons. The standard InChI is InChI=1S/C14H18FN3/c1-9(2)18-14(15)13(8-17-18)12-7-5-4-6-11(12)10(3)16/h4-10H,16H2,1-3H3. The Kier molecular flexibility index (Phi) is 3.48. The zero-order valence-electron chi connectivity index (χ0n) is 10.9. The van der Waals surface area contributed by atoms with Crippen molar-refractivity contribution < 1.29 is 4.39 Å². The van der Waals surface area contributed by atoms with Gasteiger partial charge in [0.05, 0.1) is 11.8 Å². The fourth-order valence-electron chi connectivity index (χ4n) is 2.03. The van der Waals surface area contributed by atoms with Crippen molar-refractivity contribution in [1.82, 2.24) is 9.78 Å². The largest absolute Gasteiger partial charge is 0.324 e. The van der Waals surface area contributed by atoms with E-state index in [1.54, 1.807) is 6.20 Å². The van der Waals surface area contributed by atoms with Crippen molar-refractivity contribution in [3.63, 3.8) is 0 Å². The summed E-state index contributed by atoms with van der Waals surface area (Å²) in [5, 5.41) is 4.09. The van der Waals surface area contributed by atoms with Gasteiger partial charge in [-0.25, -0.2) is 4.68 Å². The molecule has 0 bridgehead atoms. The third-order valence-electron chi connectivity index (χ3n) is 2.97. The summed E-state index contributed by atoms with van der Waals surface area (Å²) in [5.74, 6) is -0.307. The highest BCUT2D eigenvalue weighted by Crippen LogP contribution is 2.29. The SMILES string of the molecule is CC(N)c1ccccc1-c1cnn(C(C)C)c1F. The second kappa shape index (κ2) is 4.90. The fraction of sp³-hybridized carbons (Fsp3) is 0.357. The van der Waals surface area contributed by atoms with Gasteiger partial charge in [-0.15, -0.1) is 0 Å². The maximum absolute atomic E-state index is 14.3. The second-order valence-corrected chi connectivity index (χ2v) is 4.76. The lowest BCUT2D eigenvalue weighted by Gasteiger charge is -2.12. The molecule has 0 saturated carbocycles. The Morgan fingerprint density at radius 2 is 1.83 bits per heavy atom. The maximum atomic E-state index is 14.3. The minimum absolute atomic E-state index is 0.00112. The molecule has 1 aromatic carbocycles. The van der Waals surface area contributed by atoms with Crippen molar-refractivity contribution in [2.45, 2.75) is 32.9 Å². The molecule has 0 amide bonds. The van der Waals surface area contributed by atoms with Crippen LogP contribution in [0.15, 0.2) is 30.5 Å². The molecule has 0 aliphatic carbocycles. The zero-order valence-corrected chi connectivity index (χ0v) is 10.9. The Bertz CT molecular complexity index is 544. The Balaban J connectivity index is 2.56. The first-order valence-electron chi connectivity index (χ1n) is 6.10. The molecule has 1 heterocycles. The first kappa shape index (κ1) is 12.8. The number of nitrogens with zero attached hydrogens (tertiary/aromatic N) is 2. The number of hydrogen-bond acceptors (Lipinski definition) is 2. The predicted octanol–water partition coefficient (Wildman–Crippen LogP) is 3.29. The van der Waals surface area contributed by atoms with Gasteiger partial charge in [-0.3, -0.25) is 0 Å². The second-order valence-electron chi connectivity index (χ2n) is 4.76. The molecule has 0 radical (unpaired) electrons. The summed E-state index contributed by atoms with van der Waals surface area (Å²) in [5.41, 5.74) is 8.18. The molecule has 1 unspecified atom stereocenters. The van der Waals surface area contributed by atoms with Crippen molar-refractivity contribution in [1.29, 1.82) is 0 Å². The molecule has 2 N–H and O–H groups in total. The lowest BCUT2D eigenvalue weighted by Crippen LogP contribution is -2.08. The summed E-state index contributed by atoms with van der Waals surface area (Å²) in [7, 11) is 0. The predicted molar refractivity (Wildman–Crippen MR) is 70.6 cm³/mol. The topological polar surface area (TPSA) is 43.8 Å². The lowest BCUT2D eigenvalue weighted by atomic mass is 9.98. The van der Waals surface area contributed by atoms with E-state index >= 15 is 0 Å². The molecule has 18 heavy (non-hydrogen) atoms. The molecule has 2 rings (SSSR count). The maximum Gasteiger partial charge on any atom is 0.219 e. The van der Waals surface area contributed by atoms with Crippen LogP contribution >= 0.6 is 0 Å². The highest BCUT2D eigenvalue weighted by atomic mass is 19.1. The Hall–Kier alpha value is -1.68. The van der Waals surface area contributed by atoms with E-state index in [2.05, 4.69) is 5.10 Å². The normalized spacial score (nSPS) is 13.0. The number of rotatable bonds is 3. The Morgan fingerprint density at radius 3 is 2.39 bits per heavy atom. The molecule has 1 aromatic heterocycles. The van der Waals surface area contributed by atoms with E-state index in [0.717, 1.165) is 11.1 Å². The van der Waals surface area contributed by atoms with Crippen molar-refractivity contribution in [3.05, 3.63) is 42.0 Å². The average molecular weight is 247 g/mol. The molecular weight excluding hydrogens is 229 g/mol. The highest BCUT2D eigenvalue weighted by molar-refractivity contribution is 5.67. The van der Waals surface area contributed by atoms with Crippen LogP contribution in [0.2, 0.25) is 0 Å². The van der Waals surface area contributed by atoms with Crippen molar-refractivity contribution in [3.8, 4) is 11.1 Å². The van der Waals surface area contributed by atoms with Crippen LogP contribution in [0.3, 0.4) is 0 Å². The first-order chi connectivity index (χ1) is 8.52. The van der Waals surface area contributed by atoms with E-state index < -0.39 is 0 Å². The number of halogens is 1. The number of hydrogen-bond donors (Lipinski definition) is 1. The third kappa shape index (κ3) is 2.16. The minimum atomic E-state index is -0.307. The fourth-order valence-corrected chi connectivity index (χ4v) is 2.03. The van der Waals surface area contributed by atoms with E-state index in [-0.39, 0.29) is 18.0 Å². The van der Waals surface area contributed by atoms with Gasteiger partial charge in [-0.1, -0.05) is 24.3 Å². The molecule has 3 nitrogen and oxygen atoms in total. The van der Waals surface area contributed by atoms with Gasteiger partial charge in [0.2, 0.25) is 5.95 Å². The van der Waals surface area contributed by atoms with Gasteiger partial charge in [0.25, 0.3) is 0 Å². The summed E-state index contributed by atoms with van der Waals surface area (Å²) < 4.78 is 15.7. The smallest absolute Gasteiger partial charge is 0.219 e. The van der Waals surface area contributed by atoms with Gasteiger partial charge in [0, 0.05) is 12.1 Å². The summed E-state index contributed by atoms with van der Waals surface area (Å²) in [6.45, 7) is 5.69. The summed E-state index contributed by atoms with van der Waals surface area (Å²) in [4.78, 5) is 0. The Morgan fingerprint density at radius 1 is 1.17 bits per heavy atom. The zero-order chi connectivity index (χ0) is 13.3. The summed E-state index contributed by atoms with van der Waals surface area (Å²) in [6.07, 6.45) is 1.57. The van der Waals surface area contributed by atoms with E-state index in [9.17, 15) is 4.39 Å². The molecular formula is C14H18FN3. The van der Waals surface area contributed by atoms with E-state index in [4.69, 9.17) is 5.73 Å². The van der Waals surface area contributed by atoms with Crippen LogP contribution in [0.25, 0.3) is 11.1 Å². The van der Waals surface area contributed by atoms with Crippen LogP contribution < -0.4 is 5.73 Å². The quantitative estimate of drug-likeness (QED) is 0.904. The molecule has 4 heteroatoms. The molecule has 0 aliphatic heterocycles. The molecule has 2 aromatic rings. The number of benzene rings is 1. The van der Waals surface area contributed by atoms with Crippen LogP contribution in [-0.4, -0.2) is 9.78 Å². The lowest BCUT2D eigenvalue weighted by molar-refractivity contribution is 0.417. The first-order valence-corrected chi connectivity index (χ1v) is 6.10. The van der Waals surface area contributed by atoms with E-state index in [0.29, 0.717) is 5.56 Å². The number of nitrogens with two attached hydrogens (primary N) is 1. The highest BCUT2D eigenvalue weighted by Gasteiger charge is 2.17. The number of aromatic nitrogens is 2. The van der Waals surface area contributed by atoms with Crippen LogP contribution in [-0.2, 0) is 0 Å². The van der Waals surface area contributed by atoms with E-state index in [1.165, 1.54) is 4.68 Å². The van der Waals surface area contributed by atoms with Gasteiger partial charge >= 0.3 is 0 Å². The van der Waals surface area contributed by atoms with Crippen LogP contribution in [0, 0.1) is 5.95 Å². The Labute approximate surface area is 106 Å². The van der Waals surface area contributed by atoms with Crippen LogP contribution in [0.4, 0.5) is 4.39 Å².